The zero-order valence-electron chi connectivity index (χ0n) is 10.2. The number of carbonyl (C=O) groups excluding carboxylic acids is 2. The number of aryl methyl sites for hydroxylation is 1. The summed E-state index contributed by atoms with van der Waals surface area (Å²) in [6, 6.07) is 5.64. The molecule has 1 aromatic rings. The van der Waals surface area contributed by atoms with Crippen molar-refractivity contribution in [2.24, 2.45) is 0 Å². The highest BCUT2D eigenvalue weighted by molar-refractivity contribution is 6.04. The minimum Gasteiger partial charge on any atom is -0.298 e. The smallest absolute Gasteiger partial charge is 0.158 e. The van der Waals surface area contributed by atoms with Crippen molar-refractivity contribution >= 4 is 17.6 Å². The molecule has 0 unspecified atom stereocenters. The molecule has 0 amide bonds. The number of aldehydes is 1. The molecule has 17 heavy (non-hydrogen) atoms. The maximum atomic E-state index is 11.7. The van der Waals surface area contributed by atoms with Crippen molar-refractivity contribution in [3.05, 3.63) is 40.5 Å². The summed E-state index contributed by atoms with van der Waals surface area (Å²) in [5.41, 5.74) is 4.83. The fourth-order valence-corrected chi connectivity index (χ4v) is 2.34. The first-order chi connectivity index (χ1) is 8.13. The molecule has 0 aliphatic heterocycles. The summed E-state index contributed by atoms with van der Waals surface area (Å²) in [4.78, 5) is 22.5. The summed E-state index contributed by atoms with van der Waals surface area (Å²) in [5, 5.41) is 0. The van der Waals surface area contributed by atoms with Crippen LogP contribution in [0, 0.1) is 6.92 Å². The van der Waals surface area contributed by atoms with Crippen molar-refractivity contribution in [3.8, 4) is 0 Å². The monoisotopic (exact) mass is 228 g/mol. The molecule has 0 saturated heterocycles. The summed E-state index contributed by atoms with van der Waals surface area (Å²) in [5.74, 6) is 0.238. The van der Waals surface area contributed by atoms with Gasteiger partial charge in [0.05, 0.1) is 0 Å². The molecular formula is C15H16O2. The Kier molecular flexibility index (Phi) is 3.23. The lowest BCUT2D eigenvalue weighted by atomic mass is 9.85. The van der Waals surface area contributed by atoms with Crippen LogP contribution in [0.15, 0.2) is 23.8 Å². The van der Waals surface area contributed by atoms with Gasteiger partial charge >= 0.3 is 0 Å². The Morgan fingerprint density at radius 3 is 2.65 bits per heavy atom. The second-order valence-electron chi connectivity index (χ2n) is 4.57. The van der Waals surface area contributed by atoms with E-state index < -0.39 is 0 Å². The predicted octanol–water partition coefficient (Wildman–Crippen LogP) is 3.33. The van der Waals surface area contributed by atoms with E-state index in [1.807, 2.05) is 32.0 Å². The molecule has 88 valence electrons. The van der Waals surface area contributed by atoms with Crippen LogP contribution in [0.4, 0.5) is 0 Å². The van der Waals surface area contributed by atoms with Crippen molar-refractivity contribution in [2.75, 3.05) is 0 Å². The van der Waals surface area contributed by atoms with Gasteiger partial charge in [-0.3, -0.25) is 9.59 Å². The highest BCUT2D eigenvalue weighted by atomic mass is 16.1. The van der Waals surface area contributed by atoms with Gasteiger partial charge in [0.15, 0.2) is 5.78 Å². The van der Waals surface area contributed by atoms with E-state index in [0.29, 0.717) is 12.0 Å². The molecule has 0 spiro atoms. The number of hydrogen-bond donors (Lipinski definition) is 0. The van der Waals surface area contributed by atoms with E-state index in [0.717, 1.165) is 41.4 Å². The van der Waals surface area contributed by atoms with Crippen molar-refractivity contribution in [1.82, 2.24) is 0 Å². The molecule has 2 rings (SSSR count). The lowest BCUT2D eigenvalue weighted by molar-refractivity contribution is -0.115. The van der Waals surface area contributed by atoms with Crippen molar-refractivity contribution in [2.45, 2.75) is 33.1 Å². The van der Waals surface area contributed by atoms with Gasteiger partial charge in [-0.2, -0.15) is 0 Å². The van der Waals surface area contributed by atoms with Crippen LogP contribution in [0.2, 0.25) is 0 Å². The zero-order chi connectivity index (χ0) is 12.4. The van der Waals surface area contributed by atoms with Crippen LogP contribution in [0.3, 0.4) is 0 Å². The van der Waals surface area contributed by atoms with Crippen LogP contribution >= 0.6 is 0 Å². The molecule has 1 aliphatic rings. The Morgan fingerprint density at radius 1 is 1.18 bits per heavy atom. The lowest BCUT2D eigenvalue weighted by Crippen LogP contribution is -2.09. The summed E-state index contributed by atoms with van der Waals surface area (Å²) in [6.07, 6.45) is 3.35. The molecule has 0 radical (unpaired) electrons. The standard InChI is InChI=1S/C15H16O2/c1-10-6-7-12(9-16)8-14(10)13-4-3-5-15(17)11(13)2/h6-9H,3-5H2,1-2H3. The van der Waals surface area contributed by atoms with E-state index in [4.69, 9.17) is 0 Å². The fourth-order valence-electron chi connectivity index (χ4n) is 2.34. The van der Waals surface area contributed by atoms with Gasteiger partial charge in [-0.05, 0) is 55.0 Å². The van der Waals surface area contributed by atoms with E-state index in [2.05, 4.69) is 0 Å². The average Bonchev–Trinajstić information content (AvgIpc) is 2.34. The Labute approximate surface area is 101 Å². The van der Waals surface area contributed by atoms with Crippen molar-refractivity contribution < 1.29 is 9.59 Å². The third-order valence-corrected chi connectivity index (χ3v) is 3.42. The number of carbonyl (C=O) groups is 2. The second-order valence-corrected chi connectivity index (χ2v) is 4.57. The topological polar surface area (TPSA) is 34.1 Å². The number of benzene rings is 1. The Balaban J connectivity index is 2.56. The maximum Gasteiger partial charge on any atom is 0.158 e. The largest absolute Gasteiger partial charge is 0.298 e. The van der Waals surface area contributed by atoms with Gasteiger partial charge in [0.2, 0.25) is 0 Å². The van der Waals surface area contributed by atoms with Crippen LogP contribution in [0.1, 0.15) is 47.7 Å². The predicted molar refractivity (Wildman–Crippen MR) is 68.0 cm³/mol. The van der Waals surface area contributed by atoms with E-state index in [1.54, 1.807) is 0 Å². The van der Waals surface area contributed by atoms with Crippen LogP contribution in [0.5, 0.6) is 0 Å². The SMILES string of the molecule is CC1=C(c2cc(C=O)ccc2C)CCCC1=O. The van der Waals surface area contributed by atoms with E-state index in [-0.39, 0.29) is 5.78 Å². The van der Waals surface area contributed by atoms with Crippen molar-refractivity contribution in [3.63, 3.8) is 0 Å². The molecule has 0 saturated carbocycles. The van der Waals surface area contributed by atoms with Crippen molar-refractivity contribution in [1.29, 1.82) is 0 Å². The third-order valence-electron chi connectivity index (χ3n) is 3.42. The molecule has 0 fully saturated rings. The van der Waals surface area contributed by atoms with Crippen LogP contribution in [0.25, 0.3) is 5.57 Å². The molecule has 1 aliphatic carbocycles. The number of allylic oxidation sites excluding steroid dienone is 2. The highest BCUT2D eigenvalue weighted by Gasteiger charge is 2.19. The van der Waals surface area contributed by atoms with Gasteiger partial charge in [-0.15, -0.1) is 0 Å². The van der Waals surface area contributed by atoms with Gasteiger partial charge < -0.3 is 0 Å². The summed E-state index contributed by atoms with van der Waals surface area (Å²) >= 11 is 0. The second kappa shape index (κ2) is 4.66. The molecule has 2 nitrogen and oxygen atoms in total. The molecule has 0 aromatic heterocycles. The Morgan fingerprint density at radius 2 is 1.94 bits per heavy atom. The van der Waals surface area contributed by atoms with E-state index in [1.165, 1.54) is 0 Å². The van der Waals surface area contributed by atoms with Gasteiger partial charge in [-0.1, -0.05) is 12.1 Å². The minimum absolute atomic E-state index is 0.238. The normalized spacial score (nSPS) is 16.2. The molecule has 0 atom stereocenters. The Hall–Kier alpha value is -1.70. The summed E-state index contributed by atoms with van der Waals surface area (Å²) < 4.78 is 0. The summed E-state index contributed by atoms with van der Waals surface area (Å²) in [7, 11) is 0. The molecule has 0 bridgehead atoms. The molecular weight excluding hydrogens is 212 g/mol. The van der Waals surface area contributed by atoms with Gasteiger partial charge in [0.1, 0.15) is 6.29 Å². The average molecular weight is 228 g/mol. The number of ketones is 1. The quantitative estimate of drug-likeness (QED) is 0.727. The minimum atomic E-state index is 0.238. The molecule has 0 N–H and O–H groups in total. The molecule has 1 aromatic carbocycles. The molecule has 2 heteroatoms. The van der Waals surface area contributed by atoms with Crippen LogP contribution in [-0.2, 0) is 4.79 Å². The Bertz CT molecular complexity index is 510. The molecule has 0 heterocycles. The van der Waals surface area contributed by atoms with Crippen LogP contribution < -0.4 is 0 Å². The fraction of sp³-hybridized carbons (Fsp3) is 0.333. The third kappa shape index (κ3) is 2.21. The number of rotatable bonds is 2. The highest BCUT2D eigenvalue weighted by Crippen LogP contribution is 2.32. The van der Waals surface area contributed by atoms with E-state index in [9.17, 15) is 9.59 Å². The van der Waals surface area contributed by atoms with Gasteiger partial charge in [-0.25, -0.2) is 0 Å². The first-order valence-corrected chi connectivity index (χ1v) is 5.92. The van der Waals surface area contributed by atoms with Gasteiger partial charge in [0, 0.05) is 12.0 Å². The summed E-state index contributed by atoms with van der Waals surface area (Å²) in [6.45, 7) is 3.91. The first-order valence-electron chi connectivity index (χ1n) is 5.92. The zero-order valence-corrected chi connectivity index (χ0v) is 10.2. The first kappa shape index (κ1) is 11.8. The maximum absolute atomic E-state index is 11.7. The van der Waals surface area contributed by atoms with Crippen LogP contribution in [-0.4, -0.2) is 12.1 Å². The number of Topliss-reactive ketones (excluding diaryl/α,β-unsaturated/α-hetero) is 1. The number of hydrogen-bond acceptors (Lipinski definition) is 2. The van der Waals surface area contributed by atoms with E-state index >= 15 is 0 Å². The van der Waals surface area contributed by atoms with Gasteiger partial charge in [0.25, 0.3) is 0 Å². The lowest BCUT2D eigenvalue weighted by Gasteiger charge is -2.19.